The predicted molar refractivity (Wildman–Crippen MR) is 106 cm³/mol. The number of halogens is 2. The SMILES string of the molecule is O=C(Nc1cc(S(=O)(=O)Nc2cccc(Cl)c2)ccc1Cl)c1cccnc1. The van der Waals surface area contributed by atoms with Crippen LogP contribution in [0.1, 0.15) is 10.4 Å². The standard InChI is InChI=1S/C18H13Cl2N3O3S/c19-13-4-1-5-14(9-13)23-27(25,26)15-6-7-16(20)17(10-15)22-18(24)12-3-2-8-21-11-12/h1-11,23H,(H,22,24). The quantitative estimate of drug-likeness (QED) is 0.636. The van der Waals surface area contributed by atoms with Crippen molar-refractivity contribution in [2.24, 2.45) is 0 Å². The molecule has 0 saturated heterocycles. The van der Waals surface area contributed by atoms with Gasteiger partial charge in [0.15, 0.2) is 0 Å². The summed E-state index contributed by atoms with van der Waals surface area (Å²) >= 11 is 12.0. The lowest BCUT2D eigenvalue weighted by Gasteiger charge is -2.12. The topological polar surface area (TPSA) is 88.2 Å². The number of amides is 1. The van der Waals surface area contributed by atoms with E-state index in [9.17, 15) is 13.2 Å². The van der Waals surface area contributed by atoms with Crippen LogP contribution in [0.2, 0.25) is 10.0 Å². The van der Waals surface area contributed by atoms with Gasteiger partial charge in [-0.25, -0.2) is 8.42 Å². The van der Waals surface area contributed by atoms with Crippen LogP contribution in [0.25, 0.3) is 0 Å². The Morgan fingerprint density at radius 1 is 1.00 bits per heavy atom. The number of carbonyl (C=O) groups is 1. The average Bonchev–Trinajstić information content (AvgIpc) is 2.63. The molecule has 0 atom stereocenters. The monoisotopic (exact) mass is 421 g/mol. The van der Waals surface area contributed by atoms with Crippen LogP contribution in [-0.4, -0.2) is 19.3 Å². The Morgan fingerprint density at radius 2 is 1.81 bits per heavy atom. The maximum absolute atomic E-state index is 12.6. The summed E-state index contributed by atoms with van der Waals surface area (Å²) in [4.78, 5) is 16.1. The van der Waals surface area contributed by atoms with E-state index in [4.69, 9.17) is 23.2 Å². The third-order valence-electron chi connectivity index (χ3n) is 3.50. The molecule has 0 aliphatic rings. The molecule has 9 heteroatoms. The normalized spacial score (nSPS) is 11.0. The lowest BCUT2D eigenvalue weighted by Crippen LogP contribution is -2.15. The first kappa shape index (κ1) is 19.2. The van der Waals surface area contributed by atoms with E-state index >= 15 is 0 Å². The van der Waals surface area contributed by atoms with E-state index in [1.807, 2.05) is 0 Å². The number of carbonyl (C=O) groups excluding carboxylic acids is 1. The van der Waals surface area contributed by atoms with Crippen LogP contribution in [0, 0.1) is 0 Å². The van der Waals surface area contributed by atoms with Crippen molar-refractivity contribution in [1.29, 1.82) is 0 Å². The van der Waals surface area contributed by atoms with Gasteiger partial charge in [0, 0.05) is 17.4 Å². The van der Waals surface area contributed by atoms with Crippen molar-refractivity contribution < 1.29 is 13.2 Å². The fraction of sp³-hybridized carbons (Fsp3) is 0. The van der Waals surface area contributed by atoms with Crippen molar-refractivity contribution in [3.05, 3.63) is 82.6 Å². The number of rotatable bonds is 5. The molecule has 27 heavy (non-hydrogen) atoms. The molecular weight excluding hydrogens is 409 g/mol. The first-order chi connectivity index (χ1) is 12.8. The lowest BCUT2D eigenvalue weighted by molar-refractivity contribution is 0.102. The third-order valence-corrected chi connectivity index (χ3v) is 5.44. The fourth-order valence-corrected chi connectivity index (χ4v) is 3.66. The lowest BCUT2D eigenvalue weighted by atomic mass is 10.2. The second kappa shape index (κ2) is 7.96. The van der Waals surface area contributed by atoms with Gasteiger partial charge in [-0.2, -0.15) is 0 Å². The van der Waals surface area contributed by atoms with E-state index in [2.05, 4.69) is 15.0 Å². The van der Waals surface area contributed by atoms with Crippen LogP contribution < -0.4 is 10.0 Å². The molecular formula is C18H13Cl2N3O3S. The molecule has 0 unspecified atom stereocenters. The molecule has 0 aliphatic heterocycles. The van der Waals surface area contributed by atoms with Crippen LogP contribution in [0.15, 0.2) is 71.9 Å². The van der Waals surface area contributed by atoms with E-state index in [-0.39, 0.29) is 15.6 Å². The van der Waals surface area contributed by atoms with Gasteiger partial charge in [0.1, 0.15) is 0 Å². The molecule has 3 rings (SSSR count). The average molecular weight is 422 g/mol. The van der Waals surface area contributed by atoms with Gasteiger partial charge in [-0.3, -0.25) is 14.5 Å². The van der Waals surface area contributed by atoms with E-state index < -0.39 is 15.9 Å². The molecule has 3 aromatic rings. The van der Waals surface area contributed by atoms with Crippen LogP contribution in [0.5, 0.6) is 0 Å². The second-order valence-electron chi connectivity index (χ2n) is 5.45. The molecule has 1 heterocycles. The van der Waals surface area contributed by atoms with Gasteiger partial charge in [-0.05, 0) is 48.5 Å². The van der Waals surface area contributed by atoms with E-state index in [1.165, 1.54) is 30.5 Å². The zero-order chi connectivity index (χ0) is 19.4. The van der Waals surface area contributed by atoms with E-state index in [0.717, 1.165) is 0 Å². The summed E-state index contributed by atoms with van der Waals surface area (Å²) in [5.41, 5.74) is 0.803. The Balaban J connectivity index is 1.87. The minimum atomic E-state index is -3.90. The minimum Gasteiger partial charge on any atom is -0.321 e. The summed E-state index contributed by atoms with van der Waals surface area (Å²) in [6, 6.07) is 13.5. The van der Waals surface area contributed by atoms with Crippen LogP contribution in [0.4, 0.5) is 11.4 Å². The highest BCUT2D eigenvalue weighted by molar-refractivity contribution is 7.92. The Bertz CT molecular complexity index is 1090. The summed E-state index contributed by atoms with van der Waals surface area (Å²) in [6.07, 6.45) is 2.93. The molecule has 0 aliphatic carbocycles. The number of nitrogens with one attached hydrogen (secondary N) is 2. The number of sulfonamides is 1. The van der Waals surface area contributed by atoms with Crippen LogP contribution >= 0.6 is 23.2 Å². The molecule has 0 spiro atoms. The smallest absolute Gasteiger partial charge is 0.261 e. The van der Waals surface area contributed by atoms with Crippen molar-refractivity contribution in [3.8, 4) is 0 Å². The highest BCUT2D eigenvalue weighted by Gasteiger charge is 2.17. The Hall–Kier alpha value is -2.61. The molecule has 0 saturated carbocycles. The molecule has 0 fully saturated rings. The first-order valence-corrected chi connectivity index (χ1v) is 9.88. The third kappa shape index (κ3) is 4.77. The fourth-order valence-electron chi connectivity index (χ4n) is 2.22. The van der Waals surface area contributed by atoms with Gasteiger partial charge in [-0.1, -0.05) is 29.3 Å². The van der Waals surface area contributed by atoms with Gasteiger partial charge < -0.3 is 5.32 Å². The van der Waals surface area contributed by atoms with Crippen LogP contribution in [-0.2, 0) is 10.0 Å². The molecule has 138 valence electrons. The van der Waals surface area contributed by atoms with Crippen molar-refractivity contribution in [3.63, 3.8) is 0 Å². The van der Waals surface area contributed by atoms with Crippen molar-refractivity contribution in [2.75, 3.05) is 10.0 Å². The van der Waals surface area contributed by atoms with Gasteiger partial charge in [0.2, 0.25) is 0 Å². The highest BCUT2D eigenvalue weighted by Crippen LogP contribution is 2.27. The van der Waals surface area contributed by atoms with Crippen molar-refractivity contribution >= 4 is 50.5 Å². The van der Waals surface area contributed by atoms with E-state index in [1.54, 1.807) is 36.5 Å². The van der Waals surface area contributed by atoms with Gasteiger partial charge in [-0.15, -0.1) is 0 Å². The number of anilines is 2. The van der Waals surface area contributed by atoms with Crippen LogP contribution in [0.3, 0.4) is 0 Å². The summed E-state index contributed by atoms with van der Waals surface area (Å²) in [6.45, 7) is 0. The van der Waals surface area contributed by atoms with Gasteiger partial charge in [0.05, 0.1) is 26.9 Å². The predicted octanol–water partition coefficient (Wildman–Crippen LogP) is 4.44. The molecule has 1 amide bonds. The maximum atomic E-state index is 12.6. The zero-order valence-electron chi connectivity index (χ0n) is 13.7. The summed E-state index contributed by atoms with van der Waals surface area (Å²) in [7, 11) is -3.90. The minimum absolute atomic E-state index is 0.0617. The number of hydrogen-bond acceptors (Lipinski definition) is 4. The summed E-state index contributed by atoms with van der Waals surface area (Å²) in [5.74, 6) is -0.456. The van der Waals surface area contributed by atoms with Gasteiger partial charge >= 0.3 is 0 Å². The van der Waals surface area contributed by atoms with E-state index in [0.29, 0.717) is 16.3 Å². The number of aromatic nitrogens is 1. The Labute approximate surface area is 166 Å². The van der Waals surface area contributed by atoms with Crippen molar-refractivity contribution in [2.45, 2.75) is 4.90 Å². The molecule has 0 radical (unpaired) electrons. The second-order valence-corrected chi connectivity index (χ2v) is 7.98. The zero-order valence-corrected chi connectivity index (χ0v) is 16.0. The van der Waals surface area contributed by atoms with Gasteiger partial charge in [0.25, 0.3) is 15.9 Å². The highest BCUT2D eigenvalue weighted by atomic mass is 35.5. The Morgan fingerprint density at radius 3 is 2.52 bits per heavy atom. The number of pyridine rings is 1. The number of benzene rings is 2. The number of hydrogen-bond donors (Lipinski definition) is 2. The maximum Gasteiger partial charge on any atom is 0.261 e. The van der Waals surface area contributed by atoms with Crippen molar-refractivity contribution in [1.82, 2.24) is 4.98 Å². The summed E-state index contributed by atoms with van der Waals surface area (Å²) in [5, 5.41) is 3.19. The largest absolute Gasteiger partial charge is 0.321 e. The Kier molecular flexibility index (Phi) is 5.65. The molecule has 1 aromatic heterocycles. The number of nitrogens with zero attached hydrogens (tertiary/aromatic N) is 1. The molecule has 6 nitrogen and oxygen atoms in total. The molecule has 2 N–H and O–H groups in total. The molecule has 0 bridgehead atoms. The summed E-state index contributed by atoms with van der Waals surface area (Å²) < 4.78 is 27.7. The molecule has 2 aromatic carbocycles. The first-order valence-electron chi connectivity index (χ1n) is 7.64.